The lowest BCUT2D eigenvalue weighted by Crippen LogP contribution is -2.15. The van der Waals surface area contributed by atoms with Crippen LogP contribution < -0.4 is 10.5 Å². The van der Waals surface area contributed by atoms with Gasteiger partial charge in [-0.15, -0.1) is 0 Å². The highest BCUT2D eigenvalue weighted by atomic mass is 16.5. The summed E-state index contributed by atoms with van der Waals surface area (Å²) < 4.78 is 5.58. The molecule has 0 spiro atoms. The summed E-state index contributed by atoms with van der Waals surface area (Å²) in [6, 6.07) is 11.4. The third-order valence-corrected chi connectivity index (χ3v) is 3.45. The number of aromatic nitrogens is 1. The third-order valence-electron chi connectivity index (χ3n) is 3.45. The summed E-state index contributed by atoms with van der Waals surface area (Å²) in [6.45, 7) is 6.23. The van der Waals surface area contributed by atoms with Crippen LogP contribution in [0.1, 0.15) is 32.0 Å². The zero-order valence-electron chi connectivity index (χ0n) is 13.6. The fourth-order valence-electron chi connectivity index (χ4n) is 2.25. The Balaban J connectivity index is 2.68. The zero-order valence-corrected chi connectivity index (χ0v) is 13.6. The second-order valence-corrected chi connectivity index (χ2v) is 6.25. The molecule has 5 heteroatoms. The van der Waals surface area contributed by atoms with Gasteiger partial charge in [0.15, 0.2) is 0 Å². The van der Waals surface area contributed by atoms with Gasteiger partial charge in [0.05, 0.1) is 6.61 Å². The SMILES string of the molecule is CC(C)(C)c1cc(-c2ccccc2OCCO)c(C#N)c(N)n1. The number of nitrogen functional groups attached to an aromatic ring is 1. The van der Waals surface area contributed by atoms with Crippen LogP contribution in [0.15, 0.2) is 30.3 Å². The second-order valence-electron chi connectivity index (χ2n) is 6.25. The van der Waals surface area contributed by atoms with E-state index in [-0.39, 0.29) is 24.4 Å². The maximum atomic E-state index is 9.47. The molecule has 23 heavy (non-hydrogen) atoms. The summed E-state index contributed by atoms with van der Waals surface area (Å²) in [5.74, 6) is 0.815. The molecule has 1 heterocycles. The van der Waals surface area contributed by atoms with Crippen LogP contribution in [-0.2, 0) is 5.41 Å². The normalized spacial score (nSPS) is 11.1. The fraction of sp³-hybridized carbons (Fsp3) is 0.333. The van der Waals surface area contributed by atoms with Crippen LogP contribution in [0.5, 0.6) is 5.75 Å². The molecule has 0 aliphatic rings. The number of nitrogens with two attached hydrogens (primary N) is 1. The maximum absolute atomic E-state index is 9.47. The molecule has 1 aromatic carbocycles. The monoisotopic (exact) mass is 311 g/mol. The van der Waals surface area contributed by atoms with E-state index in [1.807, 2.05) is 45.0 Å². The Morgan fingerprint density at radius 3 is 2.57 bits per heavy atom. The molecule has 2 rings (SSSR count). The van der Waals surface area contributed by atoms with E-state index in [1.165, 1.54) is 0 Å². The number of benzene rings is 1. The van der Waals surface area contributed by atoms with Gasteiger partial charge in [-0.3, -0.25) is 0 Å². The molecule has 0 aliphatic carbocycles. The molecule has 0 saturated carbocycles. The van der Waals surface area contributed by atoms with E-state index < -0.39 is 0 Å². The molecular weight excluding hydrogens is 290 g/mol. The molecule has 0 unspecified atom stereocenters. The minimum absolute atomic E-state index is 0.0782. The van der Waals surface area contributed by atoms with Gasteiger partial charge in [-0.2, -0.15) is 5.26 Å². The molecule has 5 nitrogen and oxygen atoms in total. The van der Waals surface area contributed by atoms with E-state index in [1.54, 1.807) is 6.07 Å². The number of anilines is 1. The van der Waals surface area contributed by atoms with E-state index in [0.29, 0.717) is 16.9 Å². The summed E-state index contributed by atoms with van der Waals surface area (Å²) in [5, 5.41) is 18.4. The lowest BCUT2D eigenvalue weighted by Gasteiger charge is -2.21. The molecule has 0 bridgehead atoms. The fourth-order valence-corrected chi connectivity index (χ4v) is 2.25. The van der Waals surface area contributed by atoms with Crippen molar-refractivity contribution >= 4 is 5.82 Å². The quantitative estimate of drug-likeness (QED) is 0.905. The van der Waals surface area contributed by atoms with Crippen LogP contribution in [0.2, 0.25) is 0 Å². The van der Waals surface area contributed by atoms with Crippen molar-refractivity contribution in [1.82, 2.24) is 4.98 Å². The van der Waals surface area contributed by atoms with Crippen molar-refractivity contribution in [2.24, 2.45) is 0 Å². The van der Waals surface area contributed by atoms with Gasteiger partial charge in [-0.25, -0.2) is 4.98 Å². The Hall–Kier alpha value is -2.58. The molecule has 120 valence electrons. The lowest BCUT2D eigenvalue weighted by atomic mass is 9.88. The van der Waals surface area contributed by atoms with E-state index in [2.05, 4.69) is 11.1 Å². The maximum Gasteiger partial charge on any atom is 0.142 e. The molecule has 0 atom stereocenters. The summed E-state index contributed by atoms with van der Waals surface area (Å²) in [5.41, 5.74) is 8.40. The topological polar surface area (TPSA) is 92.2 Å². The van der Waals surface area contributed by atoms with Crippen LogP contribution in [0.4, 0.5) is 5.82 Å². The zero-order chi connectivity index (χ0) is 17.0. The number of ether oxygens (including phenoxy) is 1. The molecule has 0 saturated heterocycles. The van der Waals surface area contributed by atoms with Crippen molar-refractivity contribution in [1.29, 1.82) is 5.26 Å². The average molecular weight is 311 g/mol. The van der Waals surface area contributed by atoms with Crippen molar-refractivity contribution in [3.63, 3.8) is 0 Å². The second kappa shape index (κ2) is 6.67. The van der Waals surface area contributed by atoms with Crippen LogP contribution in [0, 0.1) is 11.3 Å². The van der Waals surface area contributed by atoms with Gasteiger partial charge in [0.25, 0.3) is 0 Å². The number of rotatable bonds is 4. The number of aliphatic hydroxyl groups excluding tert-OH is 1. The first kappa shape index (κ1) is 16.8. The Morgan fingerprint density at radius 2 is 1.96 bits per heavy atom. The smallest absolute Gasteiger partial charge is 0.142 e. The first-order chi connectivity index (χ1) is 10.9. The first-order valence-electron chi connectivity index (χ1n) is 7.42. The minimum Gasteiger partial charge on any atom is -0.491 e. The van der Waals surface area contributed by atoms with Crippen LogP contribution in [0.3, 0.4) is 0 Å². The van der Waals surface area contributed by atoms with E-state index in [9.17, 15) is 5.26 Å². The number of hydrogen-bond acceptors (Lipinski definition) is 5. The van der Waals surface area contributed by atoms with Gasteiger partial charge in [0, 0.05) is 22.2 Å². The van der Waals surface area contributed by atoms with Crippen molar-refractivity contribution in [2.45, 2.75) is 26.2 Å². The summed E-state index contributed by atoms with van der Waals surface area (Å²) in [6.07, 6.45) is 0. The molecule has 0 aliphatic heterocycles. The highest BCUT2D eigenvalue weighted by molar-refractivity contribution is 5.79. The molecular formula is C18H21N3O2. The van der Waals surface area contributed by atoms with Crippen LogP contribution in [-0.4, -0.2) is 23.3 Å². The van der Waals surface area contributed by atoms with Gasteiger partial charge in [-0.05, 0) is 12.1 Å². The summed E-state index contributed by atoms with van der Waals surface area (Å²) in [4.78, 5) is 4.37. The number of nitrogens with zero attached hydrogens (tertiary/aromatic N) is 2. The number of hydrogen-bond donors (Lipinski definition) is 2. The van der Waals surface area contributed by atoms with Crippen LogP contribution >= 0.6 is 0 Å². The van der Waals surface area contributed by atoms with Gasteiger partial charge in [-0.1, -0.05) is 39.0 Å². The van der Waals surface area contributed by atoms with Crippen molar-refractivity contribution in [2.75, 3.05) is 18.9 Å². The predicted octanol–water partition coefficient (Wildman–Crippen LogP) is 2.87. The predicted molar refractivity (Wildman–Crippen MR) is 90.1 cm³/mol. The summed E-state index contributed by atoms with van der Waals surface area (Å²) >= 11 is 0. The Labute approximate surface area is 136 Å². The standard InChI is InChI=1S/C18H21N3O2/c1-18(2,3)16-10-13(14(11-19)17(20)21-16)12-6-4-5-7-15(12)23-9-8-22/h4-7,10,22H,8-9H2,1-3H3,(H2,20,21). The Bertz CT molecular complexity index is 743. The van der Waals surface area contributed by atoms with Gasteiger partial charge in [0.1, 0.15) is 29.8 Å². The van der Waals surface area contributed by atoms with Gasteiger partial charge < -0.3 is 15.6 Å². The van der Waals surface area contributed by atoms with E-state index >= 15 is 0 Å². The molecule has 2 aromatic rings. The van der Waals surface area contributed by atoms with Gasteiger partial charge >= 0.3 is 0 Å². The number of para-hydroxylation sites is 1. The highest BCUT2D eigenvalue weighted by Crippen LogP contribution is 2.36. The third kappa shape index (κ3) is 3.61. The number of aliphatic hydroxyl groups is 1. The van der Waals surface area contributed by atoms with Crippen molar-refractivity contribution < 1.29 is 9.84 Å². The molecule has 0 amide bonds. The van der Waals surface area contributed by atoms with Crippen LogP contribution in [0.25, 0.3) is 11.1 Å². The Kier molecular flexibility index (Phi) is 4.87. The molecule has 3 N–H and O–H groups in total. The number of pyridine rings is 1. The minimum atomic E-state index is -0.197. The average Bonchev–Trinajstić information content (AvgIpc) is 2.51. The first-order valence-corrected chi connectivity index (χ1v) is 7.42. The van der Waals surface area contributed by atoms with Crippen molar-refractivity contribution in [3.8, 4) is 22.9 Å². The largest absolute Gasteiger partial charge is 0.491 e. The highest BCUT2D eigenvalue weighted by Gasteiger charge is 2.21. The van der Waals surface area contributed by atoms with Crippen molar-refractivity contribution in [3.05, 3.63) is 41.6 Å². The Morgan fingerprint density at radius 1 is 1.26 bits per heavy atom. The van der Waals surface area contributed by atoms with E-state index in [4.69, 9.17) is 15.6 Å². The number of nitriles is 1. The molecule has 1 aromatic heterocycles. The molecule has 0 radical (unpaired) electrons. The summed E-state index contributed by atoms with van der Waals surface area (Å²) in [7, 11) is 0. The molecule has 0 fully saturated rings. The lowest BCUT2D eigenvalue weighted by molar-refractivity contribution is 0.202. The van der Waals surface area contributed by atoms with Gasteiger partial charge in [0.2, 0.25) is 0 Å². The van der Waals surface area contributed by atoms with E-state index in [0.717, 1.165) is 11.3 Å².